The van der Waals surface area contributed by atoms with Crippen LogP contribution in [-0.4, -0.2) is 51.2 Å². The largest absolute Gasteiger partial charge is 0.476 e. The fraction of sp³-hybridized carbons (Fsp3) is 0.522. The molecule has 0 bridgehead atoms. The third-order valence-electron chi connectivity index (χ3n) is 5.29. The first kappa shape index (κ1) is 24.2. The summed E-state index contributed by atoms with van der Waals surface area (Å²) in [5.74, 6) is 0.0640. The smallest absolute Gasteiger partial charge is 0.410 e. The van der Waals surface area contributed by atoms with E-state index < -0.39 is 16.2 Å². The van der Waals surface area contributed by atoms with Crippen molar-refractivity contribution >= 4 is 11.8 Å². The van der Waals surface area contributed by atoms with E-state index in [0.717, 1.165) is 44.0 Å². The number of rotatable bonds is 7. The molecule has 1 aliphatic heterocycles. The van der Waals surface area contributed by atoms with Crippen LogP contribution in [-0.2, 0) is 11.2 Å². The Balaban J connectivity index is 1.63. The fourth-order valence-corrected chi connectivity index (χ4v) is 3.76. The second kappa shape index (κ2) is 10.5. The number of nitrogens with zero attached hydrogens (tertiary/aromatic N) is 4. The molecule has 0 radical (unpaired) electrons. The van der Waals surface area contributed by atoms with E-state index in [1.54, 1.807) is 12.1 Å². The molecular weight excluding hydrogens is 428 g/mol. The Morgan fingerprint density at radius 3 is 2.52 bits per heavy atom. The Labute approximate surface area is 193 Å². The first-order chi connectivity index (χ1) is 15.7. The van der Waals surface area contributed by atoms with Gasteiger partial charge in [0.25, 0.3) is 0 Å². The van der Waals surface area contributed by atoms with Crippen molar-refractivity contribution in [2.24, 2.45) is 0 Å². The maximum Gasteiger partial charge on any atom is 0.410 e. The average Bonchev–Trinajstić information content (AvgIpc) is 2.77. The highest BCUT2D eigenvalue weighted by Gasteiger charge is 2.30. The van der Waals surface area contributed by atoms with Crippen molar-refractivity contribution < 1.29 is 23.9 Å². The van der Waals surface area contributed by atoms with Gasteiger partial charge >= 0.3 is 23.5 Å². The lowest BCUT2D eigenvalue weighted by Crippen LogP contribution is -2.46. The highest BCUT2D eigenvalue weighted by atomic mass is 16.6. The summed E-state index contributed by atoms with van der Waals surface area (Å²) in [7, 11) is 1.30. The normalized spacial score (nSPS) is 16.2. The number of carbonyl (C=O) groups is 1. The molecule has 178 valence electrons. The Bertz CT molecular complexity index is 974. The number of hydrogen-bond acceptors (Lipinski definition) is 8. The fourth-order valence-electron chi connectivity index (χ4n) is 3.76. The molecule has 1 atom stereocenters. The van der Waals surface area contributed by atoms with E-state index in [1.807, 2.05) is 37.8 Å². The van der Waals surface area contributed by atoms with Gasteiger partial charge in [0.05, 0.1) is 12.0 Å². The van der Waals surface area contributed by atoms with Crippen molar-refractivity contribution in [2.75, 3.05) is 13.7 Å². The van der Waals surface area contributed by atoms with E-state index >= 15 is 0 Å². The van der Waals surface area contributed by atoms with Gasteiger partial charge < -0.3 is 19.1 Å². The SMILES string of the molecule is COc1ncnc(Oc2ccc(CCC3CCCCN3C(=O)OC(C)(C)C)cc2)c1[N+](=O)[O-]. The molecule has 2 heterocycles. The van der Waals surface area contributed by atoms with Crippen LogP contribution in [0.3, 0.4) is 0 Å². The number of methoxy groups -OCH3 is 1. The predicted octanol–water partition coefficient (Wildman–Crippen LogP) is 4.91. The van der Waals surface area contributed by atoms with Gasteiger partial charge in [-0.15, -0.1) is 0 Å². The summed E-state index contributed by atoms with van der Waals surface area (Å²) in [5.41, 5.74) is 0.132. The molecule has 2 aromatic rings. The number of nitro groups is 1. The molecule has 1 amide bonds. The lowest BCUT2D eigenvalue weighted by Gasteiger charge is -2.37. The Kier molecular flexibility index (Phi) is 7.67. The highest BCUT2D eigenvalue weighted by Crippen LogP contribution is 2.35. The molecule has 1 fully saturated rings. The molecule has 1 aromatic heterocycles. The van der Waals surface area contributed by atoms with E-state index in [9.17, 15) is 14.9 Å². The van der Waals surface area contributed by atoms with Gasteiger partial charge in [-0.3, -0.25) is 10.1 Å². The maximum atomic E-state index is 12.6. The second-order valence-corrected chi connectivity index (χ2v) is 8.90. The van der Waals surface area contributed by atoms with Crippen LogP contribution >= 0.6 is 0 Å². The predicted molar refractivity (Wildman–Crippen MR) is 121 cm³/mol. The second-order valence-electron chi connectivity index (χ2n) is 8.90. The number of ether oxygens (including phenoxy) is 3. The molecule has 0 aliphatic carbocycles. The Morgan fingerprint density at radius 2 is 1.88 bits per heavy atom. The van der Waals surface area contributed by atoms with Gasteiger partial charge in [-0.25, -0.2) is 4.79 Å². The molecule has 3 rings (SSSR count). The lowest BCUT2D eigenvalue weighted by atomic mass is 9.96. The van der Waals surface area contributed by atoms with Crippen LogP contribution in [0, 0.1) is 10.1 Å². The topological polar surface area (TPSA) is 117 Å². The molecule has 1 aliphatic rings. The first-order valence-corrected chi connectivity index (χ1v) is 11.0. The third-order valence-corrected chi connectivity index (χ3v) is 5.29. The van der Waals surface area contributed by atoms with Crippen molar-refractivity contribution in [1.82, 2.24) is 14.9 Å². The van der Waals surface area contributed by atoms with E-state index in [2.05, 4.69) is 9.97 Å². The number of piperidine rings is 1. The third kappa shape index (κ3) is 6.53. The summed E-state index contributed by atoms with van der Waals surface area (Å²) in [5, 5.41) is 11.4. The molecule has 0 saturated carbocycles. The van der Waals surface area contributed by atoms with E-state index in [4.69, 9.17) is 14.2 Å². The van der Waals surface area contributed by atoms with Crippen molar-refractivity contribution in [3.8, 4) is 17.5 Å². The van der Waals surface area contributed by atoms with Crippen molar-refractivity contribution in [2.45, 2.75) is 64.5 Å². The molecule has 1 saturated heterocycles. The number of likely N-dealkylation sites (tertiary alicyclic amines) is 1. The zero-order chi connectivity index (χ0) is 24.0. The van der Waals surface area contributed by atoms with Gasteiger partial charge in [0.15, 0.2) is 0 Å². The average molecular weight is 459 g/mol. The molecule has 0 spiro atoms. The van der Waals surface area contributed by atoms with Crippen LogP contribution in [0.5, 0.6) is 17.5 Å². The molecule has 10 heteroatoms. The molecule has 1 aromatic carbocycles. The molecular formula is C23H30N4O6. The minimum absolute atomic E-state index is 0.139. The summed E-state index contributed by atoms with van der Waals surface area (Å²) in [4.78, 5) is 32.8. The minimum atomic E-state index is -0.636. The van der Waals surface area contributed by atoms with Crippen LogP contribution in [0.1, 0.15) is 52.0 Å². The summed E-state index contributed by atoms with van der Waals surface area (Å²) in [6.07, 6.45) is 5.55. The summed E-state index contributed by atoms with van der Waals surface area (Å²) < 4.78 is 16.1. The number of benzene rings is 1. The van der Waals surface area contributed by atoms with Crippen LogP contribution in [0.4, 0.5) is 10.5 Å². The van der Waals surface area contributed by atoms with E-state index in [-0.39, 0.29) is 23.9 Å². The summed E-state index contributed by atoms with van der Waals surface area (Å²) in [6.45, 7) is 6.34. The number of carbonyl (C=O) groups excluding carboxylic acids is 1. The number of amides is 1. The first-order valence-electron chi connectivity index (χ1n) is 11.0. The zero-order valence-corrected chi connectivity index (χ0v) is 19.4. The van der Waals surface area contributed by atoms with Crippen LogP contribution in [0.2, 0.25) is 0 Å². The Hall–Kier alpha value is -3.43. The van der Waals surface area contributed by atoms with Gasteiger partial charge in [0, 0.05) is 12.6 Å². The molecule has 1 unspecified atom stereocenters. The van der Waals surface area contributed by atoms with Gasteiger partial charge in [0.1, 0.15) is 17.7 Å². The number of aryl methyl sites for hydroxylation is 1. The van der Waals surface area contributed by atoms with Gasteiger partial charge in [0.2, 0.25) is 0 Å². The minimum Gasteiger partial charge on any atom is -0.476 e. The maximum absolute atomic E-state index is 12.6. The zero-order valence-electron chi connectivity index (χ0n) is 19.4. The van der Waals surface area contributed by atoms with Crippen molar-refractivity contribution in [3.63, 3.8) is 0 Å². The van der Waals surface area contributed by atoms with Gasteiger partial charge in [-0.2, -0.15) is 9.97 Å². The summed E-state index contributed by atoms with van der Waals surface area (Å²) >= 11 is 0. The highest BCUT2D eigenvalue weighted by molar-refractivity contribution is 5.68. The van der Waals surface area contributed by atoms with E-state index in [1.165, 1.54) is 7.11 Å². The van der Waals surface area contributed by atoms with Crippen molar-refractivity contribution in [3.05, 3.63) is 46.3 Å². The quantitative estimate of drug-likeness (QED) is 0.424. The molecule has 0 N–H and O–H groups in total. The van der Waals surface area contributed by atoms with E-state index in [0.29, 0.717) is 12.3 Å². The van der Waals surface area contributed by atoms with Gasteiger partial charge in [-0.05, 0) is 70.6 Å². The van der Waals surface area contributed by atoms with Crippen molar-refractivity contribution in [1.29, 1.82) is 0 Å². The Morgan fingerprint density at radius 1 is 1.18 bits per heavy atom. The lowest BCUT2D eigenvalue weighted by molar-refractivity contribution is -0.387. The number of aromatic nitrogens is 2. The molecule has 10 nitrogen and oxygen atoms in total. The van der Waals surface area contributed by atoms with Crippen LogP contribution in [0.15, 0.2) is 30.6 Å². The van der Waals surface area contributed by atoms with Gasteiger partial charge in [-0.1, -0.05) is 12.1 Å². The standard InChI is InChI=1S/C23H30N4O6/c1-23(2,3)33-22(28)26-14-6-5-7-17(26)11-8-16-9-12-18(13-10-16)32-21-19(27(29)30)20(31-4)24-15-25-21/h9-10,12-13,15,17H,5-8,11,14H2,1-4H3. The number of hydrogen-bond donors (Lipinski definition) is 0. The van der Waals surface area contributed by atoms with Crippen LogP contribution < -0.4 is 9.47 Å². The monoisotopic (exact) mass is 458 g/mol. The van der Waals surface area contributed by atoms with Crippen LogP contribution in [0.25, 0.3) is 0 Å². The summed E-state index contributed by atoms with van der Waals surface area (Å²) in [6, 6.07) is 7.42. The molecule has 33 heavy (non-hydrogen) atoms.